The Morgan fingerprint density at radius 1 is 1.08 bits per heavy atom. The number of fused-ring (bicyclic) bond motifs is 1. The molecule has 0 unspecified atom stereocenters. The monoisotopic (exact) mass is 349 g/mol. The van der Waals surface area contributed by atoms with Crippen molar-refractivity contribution in [1.29, 1.82) is 0 Å². The number of aryl methyl sites for hydroxylation is 3. The third-order valence-electron chi connectivity index (χ3n) is 4.22. The van der Waals surface area contributed by atoms with Crippen molar-refractivity contribution >= 4 is 21.7 Å². The normalized spacial score (nSPS) is 11.3. The van der Waals surface area contributed by atoms with Crippen molar-refractivity contribution in [2.24, 2.45) is 0 Å². The molecule has 0 spiro atoms. The van der Waals surface area contributed by atoms with E-state index in [1.807, 2.05) is 10.7 Å². The molecule has 0 bridgehead atoms. The summed E-state index contributed by atoms with van der Waals surface area (Å²) >= 11 is 1.41. The zero-order valence-corrected chi connectivity index (χ0v) is 15.3. The maximum absolute atomic E-state index is 4.82. The number of nitrogens with zero attached hydrogens (tertiary/aromatic N) is 5. The molecule has 2 aromatic carbocycles. The van der Waals surface area contributed by atoms with E-state index in [0.29, 0.717) is 0 Å². The van der Waals surface area contributed by atoms with Gasteiger partial charge < -0.3 is 0 Å². The van der Waals surface area contributed by atoms with Crippen molar-refractivity contribution in [3.05, 3.63) is 53.3 Å². The summed E-state index contributed by atoms with van der Waals surface area (Å²) < 4.78 is 7.07. The molecule has 25 heavy (non-hydrogen) atoms. The van der Waals surface area contributed by atoms with E-state index in [2.05, 4.69) is 60.7 Å². The second-order valence-electron chi connectivity index (χ2n) is 6.26. The fraction of sp³-hybridized carbons (Fsp3) is 0.263. The number of rotatable bonds is 4. The smallest absolute Gasteiger partial charge is 0.163 e. The van der Waals surface area contributed by atoms with Gasteiger partial charge in [-0.2, -0.15) is 5.10 Å². The third-order valence-corrected chi connectivity index (χ3v) is 4.93. The maximum Gasteiger partial charge on any atom is 0.163 e. The fourth-order valence-electron chi connectivity index (χ4n) is 2.91. The van der Waals surface area contributed by atoms with Crippen molar-refractivity contribution < 1.29 is 0 Å². The summed E-state index contributed by atoms with van der Waals surface area (Å²) in [6, 6.07) is 12.6. The van der Waals surface area contributed by atoms with Gasteiger partial charge in [0, 0.05) is 12.0 Å². The van der Waals surface area contributed by atoms with Crippen LogP contribution >= 0.6 is 11.5 Å². The molecule has 0 aliphatic heterocycles. The van der Waals surface area contributed by atoms with Crippen LogP contribution in [0.3, 0.4) is 0 Å². The summed E-state index contributed by atoms with van der Waals surface area (Å²) in [5.74, 6) is 1.72. The lowest BCUT2D eigenvalue weighted by Gasteiger charge is -2.10. The number of benzene rings is 2. The highest BCUT2D eigenvalue weighted by atomic mass is 32.1. The molecule has 0 aliphatic rings. The van der Waals surface area contributed by atoms with E-state index >= 15 is 0 Å². The first-order valence-corrected chi connectivity index (χ1v) is 9.19. The number of aromatic nitrogens is 5. The quantitative estimate of drug-likeness (QED) is 0.544. The van der Waals surface area contributed by atoms with E-state index in [0.717, 1.165) is 46.0 Å². The Kier molecular flexibility index (Phi) is 4.05. The van der Waals surface area contributed by atoms with Gasteiger partial charge in [0.05, 0.1) is 10.4 Å². The van der Waals surface area contributed by atoms with Crippen LogP contribution in [0.4, 0.5) is 0 Å². The highest BCUT2D eigenvalue weighted by molar-refractivity contribution is 7.12. The Hall–Kier alpha value is -2.60. The van der Waals surface area contributed by atoms with Gasteiger partial charge in [-0.05, 0) is 67.2 Å². The molecule has 0 radical (unpaired) electrons. The Morgan fingerprint density at radius 3 is 2.80 bits per heavy atom. The lowest BCUT2D eigenvalue weighted by molar-refractivity contribution is 0.797. The molecule has 5 nitrogen and oxygen atoms in total. The summed E-state index contributed by atoms with van der Waals surface area (Å²) in [4.78, 5) is 4.82. The van der Waals surface area contributed by atoms with E-state index in [4.69, 9.17) is 10.1 Å². The summed E-state index contributed by atoms with van der Waals surface area (Å²) in [5.41, 5.74) is 5.36. The molecule has 2 heterocycles. The second-order valence-corrected chi connectivity index (χ2v) is 7.04. The van der Waals surface area contributed by atoms with Gasteiger partial charge in [-0.15, -0.1) is 5.10 Å². The highest BCUT2D eigenvalue weighted by Gasteiger charge is 2.16. The SMILES string of the molecule is CCCc1nc(-c2ccc3snnc3c2)n(-c2cc(C)ccc2C)n1. The Labute approximate surface area is 150 Å². The van der Waals surface area contributed by atoms with Crippen molar-refractivity contribution in [3.8, 4) is 17.1 Å². The number of hydrogen-bond acceptors (Lipinski definition) is 5. The van der Waals surface area contributed by atoms with Gasteiger partial charge in [-0.25, -0.2) is 9.67 Å². The first-order chi connectivity index (χ1) is 12.2. The molecule has 0 saturated heterocycles. The van der Waals surface area contributed by atoms with Gasteiger partial charge in [-0.3, -0.25) is 0 Å². The summed E-state index contributed by atoms with van der Waals surface area (Å²) in [7, 11) is 0. The molecule has 4 rings (SSSR count). The molecule has 126 valence electrons. The van der Waals surface area contributed by atoms with Crippen molar-refractivity contribution in [3.63, 3.8) is 0 Å². The first kappa shape index (κ1) is 15.9. The molecule has 4 aromatic rings. The molecule has 0 saturated carbocycles. The van der Waals surface area contributed by atoms with E-state index in [9.17, 15) is 0 Å². The molecule has 0 aliphatic carbocycles. The molecule has 6 heteroatoms. The standard InChI is InChI=1S/C19H19N5S/c1-4-5-18-20-19(14-8-9-17-15(11-14)21-23-25-17)24(22-18)16-10-12(2)6-7-13(16)3/h6-11H,4-5H2,1-3H3. The minimum atomic E-state index is 0.854. The average Bonchev–Trinajstić information content (AvgIpc) is 3.23. The van der Waals surface area contributed by atoms with Crippen molar-refractivity contribution in [1.82, 2.24) is 24.4 Å². The molecule has 0 N–H and O–H groups in total. The van der Waals surface area contributed by atoms with Crippen LogP contribution in [0, 0.1) is 13.8 Å². The predicted octanol–water partition coefficient (Wildman–Crippen LogP) is 4.51. The predicted molar refractivity (Wildman–Crippen MR) is 101 cm³/mol. The van der Waals surface area contributed by atoms with Crippen LogP contribution in [-0.4, -0.2) is 24.4 Å². The van der Waals surface area contributed by atoms with Gasteiger partial charge in [0.2, 0.25) is 0 Å². The average molecular weight is 349 g/mol. The third kappa shape index (κ3) is 2.93. The first-order valence-electron chi connectivity index (χ1n) is 8.42. The topological polar surface area (TPSA) is 56.5 Å². The summed E-state index contributed by atoms with van der Waals surface area (Å²) in [6.45, 7) is 6.35. The van der Waals surface area contributed by atoms with Gasteiger partial charge >= 0.3 is 0 Å². The minimum absolute atomic E-state index is 0.854. The molecular weight excluding hydrogens is 330 g/mol. The van der Waals surface area contributed by atoms with E-state index in [-0.39, 0.29) is 0 Å². The maximum atomic E-state index is 4.82. The Balaban J connectivity index is 1.92. The van der Waals surface area contributed by atoms with Crippen LogP contribution in [0.15, 0.2) is 36.4 Å². The molecule has 0 fully saturated rings. The largest absolute Gasteiger partial charge is 0.213 e. The van der Waals surface area contributed by atoms with Crippen LogP contribution in [0.2, 0.25) is 0 Å². The van der Waals surface area contributed by atoms with Gasteiger partial charge in [0.15, 0.2) is 11.6 Å². The second kappa shape index (κ2) is 6.37. The molecular formula is C19H19N5S. The van der Waals surface area contributed by atoms with Crippen LogP contribution in [-0.2, 0) is 6.42 Å². The van der Waals surface area contributed by atoms with E-state index in [1.165, 1.54) is 22.7 Å². The lowest BCUT2D eigenvalue weighted by Crippen LogP contribution is -2.03. The van der Waals surface area contributed by atoms with E-state index < -0.39 is 0 Å². The van der Waals surface area contributed by atoms with E-state index in [1.54, 1.807) is 0 Å². The van der Waals surface area contributed by atoms with Crippen LogP contribution in [0.1, 0.15) is 30.3 Å². The zero-order chi connectivity index (χ0) is 17.4. The Morgan fingerprint density at radius 2 is 1.96 bits per heavy atom. The van der Waals surface area contributed by atoms with Crippen LogP contribution in [0.5, 0.6) is 0 Å². The molecule has 2 aromatic heterocycles. The fourth-order valence-corrected chi connectivity index (χ4v) is 3.45. The lowest BCUT2D eigenvalue weighted by atomic mass is 10.1. The Bertz CT molecular complexity index is 1050. The highest BCUT2D eigenvalue weighted by Crippen LogP contribution is 2.27. The van der Waals surface area contributed by atoms with Gasteiger partial charge in [0.25, 0.3) is 0 Å². The van der Waals surface area contributed by atoms with Gasteiger partial charge in [-0.1, -0.05) is 23.5 Å². The zero-order valence-electron chi connectivity index (χ0n) is 14.5. The van der Waals surface area contributed by atoms with Gasteiger partial charge in [0.1, 0.15) is 5.52 Å². The number of hydrogen-bond donors (Lipinski definition) is 0. The van der Waals surface area contributed by atoms with Crippen molar-refractivity contribution in [2.45, 2.75) is 33.6 Å². The van der Waals surface area contributed by atoms with Crippen LogP contribution < -0.4 is 0 Å². The molecule has 0 atom stereocenters. The van der Waals surface area contributed by atoms with Crippen molar-refractivity contribution in [2.75, 3.05) is 0 Å². The minimum Gasteiger partial charge on any atom is -0.213 e. The summed E-state index contributed by atoms with van der Waals surface area (Å²) in [6.07, 6.45) is 1.89. The summed E-state index contributed by atoms with van der Waals surface area (Å²) in [5, 5.41) is 8.98. The van der Waals surface area contributed by atoms with Crippen LogP contribution in [0.25, 0.3) is 27.3 Å². The molecule has 0 amide bonds.